The molecule has 3 aromatic heterocycles. The van der Waals surface area contributed by atoms with Crippen LogP contribution in [0.2, 0.25) is 0 Å². The van der Waals surface area contributed by atoms with Crippen molar-refractivity contribution in [3.63, 3.8) is 0 Å². The van der Waals surface area contributed by atoms with Crippen molar-refractivity contribution in [1.82, 2.24) is 15.0 Å². The normalized spacial score (nSPS) is 11.0. The molecule has 1 aromatic carbocycles. The number of aryl methyl sites for hydroxylation is 1. The molecule has 0 saturated heterocycles. The number of nitrogens with one attached hydrogen (secondary N) is 3. The third kappa shape index (κ3) is 2.66. The molecule has 6 nitrogen and oxygen atoms in total. The number of nitrogens with zero attached hydrogens (tertiary/aromatic N) is 1. The van der Waals surface area contributed by atoms with Crippen LogP contribution in [-0.2, 0) is 0 Å². The van der Waals surface area contributed by atoms with Gasteiger partial charge in [0.05, 0.1) is 16.7 Å². The van der Waals surface area contributed by atoms with E-state index in [2.05, 4.69) is 20.3 Å². The summed E-state index contributed by atoms with van der Waals surface area (Å²) in [5, 5.41) is 7.69. The number of amides is 1. The van der Waals surface area contributed by atoms with Gasteiger partial charge >= 0.3 is 5.69 Å². The number of thiazole rings is 1. The highest BCUT2D eigenvalue weighted by Crippen LogP contribution is 2.30. The van der Waals surface area contributed by atoms with Crippen LogP contribution in [0.4, 0.5) is 5.69 Å². The van der Waals surface area contributed by atoms with Crippen LogP contribution < -0.4 is 11.0 Å². The Hall–Kier alpha value is -2.71. The second-order valence-electron chi connectivity index (χ2n) is 5.24. The van der Waals surface area contributed by atoms with Crippen LogP contribution in [0.1, 0.15) is 15.4 Å². The molecule has 0 spiro atoms. The average Bonchev–Trinajstić information content (AvgIpc) is 3.24. The van der Waals surface area contributed by atoms with E-state index >= 15 is 0 Å². The maximum Gasteiger partial charge on any atom is 0.323 e. The molecule has 0 fully saturated rings. The van der Waals surface area contributed by atoms with Gasteiger partial charge in [-0.2, -0.15) is 11.3 Å². The molecule has 0 aliphatic heterocycles. The van der Waals surface area contributed by atoms with Crippen molar-refractivity contribution in [2.24, 2.45) is 0 Å². The van der Waals surface area contributed by atoms with Gasteiger partial charge in [-0.25, -0.2) is 9.78 Å². The minimum atomic E-state index is -0.271. The summed E-state index contributed by atoms with van der Waals surface area (Å²) < 4.78 is 0. The average molecular weight is 356 g/mol. The van der Waals surface area contributed by atoms with E-state index < -0.39 is 0 Å². The third-order valence-electron chi connectivity index (χ3n) is 3.54. The molecule has 24 heavy (non-hydrogen) atoms. The highest BCUT2D eigenvalue weighted by Gasteiger charge is 2.17. The van der Waals surface area contributed by atoms with Gasteiger partial charge in [0.1, 0.15) is 9.88 Å². The van der Waals surface area contributed by atoms with E-state index in [9.17, 15) is 9.59 Å². The second-order valence-corrected chi connectivity index (χ2v) is 7.02. The summed E-state index contributed by atoms with van der Waals surface area (Å²) in [5.41, 5.74) is 3.43. The number of hydrogen-bond acceptors (Lipinski definition) is 5. The number of fused-ring (bicyclic) bond motifs is 1. The van der Waals surface area contributed by atoms with Crippen LogP contribution in [0.5, 0.6) is 0 Å². The maximum absolute atomic E-state index is 12.5. The van der Waals surface area contributed by atoms with E-state index in [-0.39, 0.29) is 11.6 Å². The van der Waals surface area contributed by atoms with Gasteiger partial charge in [-0.1, -0.05) is 0 Å². The maximum atomic E-state index is 12.5. The molecule has 3 heterocycles. The number of imidazole rings is 1. The summed E-state index contributed by atoms with van der Waals surface area (Å²) in [4.78, 5) is 34.2. The highest BCUT2D eigenvalue weighted by molar-refractivity contribution is 7.17. The third-order valence-corrected chi connectivity index (χ3v) is 5.43. The molecule has 1 amide bonds. The Morgan fingerprint density at radius 1 is 1.21 bits per heavy atom. The Labute approximate surface area is 144 Å². The van der Waals surface area contributed by atoms with E-state index in [1.165, 1.54) is 11.3 Å². The van der Waals surface area contributed by atoms with Gasteiger partial charge < -0.3 is 15.3 Å². The van der Waals surface area contributed by atoms with Gasteiger partial charge in [0, 0.05) is 16.6 Å². The Kier molecular flexibility index (Phi) is 3.55. The Balaban J connectivity index is 1.62. The quantitative estimate of drug-likeness (QED) is 0.524. The fourth-order valence-electron chi connectivity index (χ4n) is 2.41. The first-order valence-electron chi connectivity index (χ1n) is 7.13. The van der Waals surface area contributed by atoms with E-state index in [4.69, 9.17) is 0 Å². The van der Waals surface area contributed by atoms with Crippen molar-refractivity contribution in [3.8, 4) is 10.6 Å². The molecule has 4 rings (SSSR count). The first-order chi connectivity index (χ1) is 11.6. The molecule has 0 bridgehead atoms. The van der Waals surface area contributed by atoms with Crippen LogP contribution >= 0.6 is 22.7 Å². The van der Waals surface area contributed by atoms with Gasteiger partial charge in [0.2, 0.25) is 0 Å². The first-order valence-corrected chi connectivity index (χ1v) is 8.89. The predicted octanol–water partition coefficient (Wildman–Crippen LogP) is 3.60. The smallest absolute Gasteiger partial charge is 0.321 e. The number of aromatic amines is 2. The van der Waals surface area contributed by atoms with Crippen LogP contribution in [0.25, 0.3) is 21.6 Å². The number of carbonyl (C=O) groups is 1. The minimum absolute atomic E-state index is 0.205. The number of thiophene rings is 1. The summed E-state index contributed by atoms with van der Waals surface area (Å²) in [5.74, 6) is -0.205. The molecular formula is C16H12N4O2S2. The SMILES string of the molecule is Cc1nc(-c2ccsc2)sc1C(=O)Nc1ccc2[nH]c(=O)[nH]c2c1. The largest absolute Gasteiger partial charge is 0.323 e. The zero-order valence-electron chi connectivity index (χ0n) is 12.5. The summed E-state index contributed by atoms with van der Waals surface area (Å²) >= 11 is 2.97. The molecule has 0 unspecified atom stereocenters. The number of anilines is 1. The Morgan fingerprint density at radius 2 is 2.04 bits per heavy atom. The predicted molar refractivity (Wildman–Crippen MR) is 97.0 cm³/mol. The number of rotatable bonds is 3. The first kappa shape index (κ1) is 14.9. The monoisotopic (exact) mass is 356 g/mol. The van der Waals surface area contributed by atoms with Crippen molar-refractivity contribution in [3.05, 3.63) is 56.1 Å². The zero-order chi connectivity index (χ0) is 16.7. The molecule has 0 saturated carbocycles. The van der Waals surface area contributed by atoms with Crippen molar-refractivity contribution in [2.75, 3.05) is 5.32 Å². The highest BCUT2D eigenvalue weighted by atomic mass is 32.1. The number of carbonyl (C=O) groups excluding carboxylic acids is 1. The van der Waals surface area contributed by atoms with Crippen molar-refractivity contribution >= 4 is 45.3 Å². The molecule has 0 radical (unpaired) electrons. The van der Waals surface area contributed by atoms with Crippen LogP contribution in [0, 0.1) is 6.92 Å². The van der Waals surface area contributed by atoms with Crippen LogP contribution in [-0.4, -0.2) is 20.9 Å². The van der Waals surface area contributed by atoms with E-state index in [0.717, 1.165) is 10.6 Å². The lowest BCUT2D eigenvalue weighted by Crippen LogP contribution is -2.11. The van der Waals surface area contributed by atoms with Gasteiger partial charge in [-0.3, -0.25) is 4.79 Å². The van der Waals surface area contributed by atoms with Crippen LogP contribution in [0.15, 0.2) is 39.8 Å². The number of benzene rings is 1. The standard InChI is InChI=1S/C16H12N4O2S2/c1-8-13(24-15(17-8)9-4-5-23-7-9)14(21)18-10-2-3-11-12(6-10)20-16(22)19-11/h2-7H,1H3,(H,18,21)(H2,19,20,22). The van der Waals surface area contributed by atoms with E-state index in [1.54, 1.807) is 29.5 Å². The summed E-state index contributed by atoms with van der Waals surface area (Å²) in [7, 11) is 0. The van der Waals surface area contributed by atoms with E-state index in [0.29, 0.717) is 27.3 Å². The van der Waals surface area contributed by atoms with Crippen LogP contribution in [0.3, 0.4) is 0 Å². The van der Waals surface area contributed by atoms with Gasteiger partial charge in [-0.05, 0) is 36.6 Å². The lowest BCUT2D eigenvalue weighted by Gasteiger charge is -2.03. The fourth-order valence-corrected chi connectivity index (χ4v) is 4.09. The van der Waals surface area contributed by atoms with Gasteiger partial charge in [0.25, 0.3) is 5.91 Å². The molecular weight excluding hydrogens is 344 g/mol. The topological polar surface area (TPSA) is 90.6 Å². The summed E-state index contributed by atoms with van der Waals surface area (Å²) in [6, 6.07) is 7.21. The lowest BCUT2D eigenvalue weighted by molar-refractivity contribution is 0.103. The molecule has 4 aromatic rings. The Bertz CT molecular complexity index is 1090. The summed E-state index contributed by atoms with van der Waals surface area (Å²) in [6.45, 7) is 1.83. The van der Waals surface area contributed by atoms with Crippen molar-refractivity contribution in [1.29, 1.82) is 0 Å². The fraction of sp³-hybridized carbons (Fsp3) is 0.0625. The Morgan fingerprint density at radius 3 is 2.83 bits per heavy atom. The number of hydrogen-bond donors (Lipinski definition) is 3. The molecule has 0 atom stereocenters. The lowest BCUT2D eigenvalue weighted by atomic mass is 10.2. The number of aromatic nitrogens is 3. The molecule has 3 N–H and O–H groups in total. The summed E-state index contributed by atoms with van der Waals surface area (Å²) in [6.07, 6.45) is 0. The number of H-pyrrole nitrogens is 2. The van der Waals surface area contributed by atoms with E-state index in [1.807, 2.05) is 23.8 Å². The van der Waals surface area contributed by atoms with Gasteiger partial charge in [0.15, 0.2) is 0 Å². The minimum Gasteiger partial charge on any atom is -0.321 e. The van der Waals surface area contributed by atoms with Crippen molar-refractivity contribution in [2.45, 2.75) is 6.92 Å². The van der Waals surface area contributed by atoms with Crippen molar-refractivity contribution < 1.29 is 4.79 Å². The molecule has 120 valence electrons. The zero-order valence-corrected chi connectivity index (χ0v) is 14.2. The molecule has 0 aliphatic carbocycles. The van der Waals surface area contributed by atoms with Gasteiger partial charge in [-0.15, -0.1) is 11.3 Å². The molecule has 0 aliphatic rings. The second kappa shape index (κ2) is 5.73. The molecule has 8 heteroatoms.